The molecular weight excluding hydrogens is 346 g/mol. The van der Waals surface area contributed by atoms with Crippen molar-refractivity contribution in [1.82, 2.24) is 15.6 Å². The number of amides is 1. The van der Waals surface area contributed by atoms with Crippen molar-refractivity contribution < 1.29 is 19.1 Å². The first-order valence-electron chi connectivity index (χ1n) is 8.74. The molecule has 0 aliphatic carbocycles. The van der Waals surface area contributed by atoms with Crippen molar-refractivity contribution in [3.8, 4) is 0 Å². The van der Waals surface area contributed by atoms with Crippen LogP contribution < -0.4 is 10.6 Å². The molecule has 1 amide bonds. The molecule has 0 radical (unpaired) electrons. The molecular formula is C20H23N3O4. The molecule has 1 aromatic carbocycles. The van der Waals surface area contributed by atoms with E-state index in [1.807, 2.05) is 30.3 Å². The zero-order valence-corrected chi connectivity index (χ0v) is 15.2. The maximum atomic E-state index is 12.1. The molecule has 7 heteroatoms. The normalized spacial score (nSPS) is 11.4. The molecule has 2 aromatic rings. The van der Waals surface area contributed by atoms with E-state index in [9.17, 15) is 14.4 Å². The summed E-state index contributed by atoms with van der Waals surface area (Å²) in [7, 11) is 0. The number of carbonyl (C=O) groups is 3. The standard InChI is InChI=1S/C20H23N3O4/c1-2-18(24)17(12-23-20(26)16-9-6-10-21-11-16)22-13-19(25)27-14-15-7-4-3-5-8-15/h3-11,17,22H,2,12-14H2,1H3,(H,23,26)/t17-/m0/s1. The van der Waals surface area contributed by atoms with Crippen LogP contribution in [0.4, 0.5) is 0 Å². The van der Waals surface area contributed by atoms with E-state index in [0.29, 0.717) is 12.0 Å². The molecule has 7 nitrogen and oxygen atoms in total. The van der Waals surface area contributed by atoms with Gasteiger partial charge in [-0.25, -0.2) is 0 Å². The van der Waals surface area contributed by atoms with Crippen molar-refractivity contribution in [2.24, 2.45) is 0 Å². The molecule has 0 aliphatic rings. The lowest BCUT2D eigenvalue weighted by atomic mass is 10.1. The number of rotatable bonds is 10. The molecule has 0 saturated carbocycles. The van der Waals surface area contributed by atoms with E-state index in [0.717, 1.165) is 5.56 Å². The number of nitrogens with one attached hydrogen (secondary N) is 2. The number of carbonyl (C=O) groups excluding carboxylic acids is 3. The molecule has 0 fully saturated rings. The zero-order valence-electron chi connectivity index (χ0n) is 15.2. The van der Waals surface area contributed by atoms with Crippen LogP contribution in [0.2, 0.25) is 0 Å². The van der Waals surface area contributed by atoms with Crippen LogP contribution in [-0.4, -0.2) is 41.8 Å². The van der Waals surface area contributed by atoms with Gasteiger partial charge in [-0.1, -0.05) is 37.3 Å². The predicted molar refractivity (Wildman–Crippen MR) is 99.9 cm³/mol. The Hall–Kier alpha value is -3.06. The van der Waals surface area contributed by atoms with Gasteiger partial charge in [0, 0.05) is 25.4 Å². The number of hydrogen-bond donors (Lipinski definition) is 2. The first kappa shape index (κ1) is 20.3. The summed E-state index contributed by atoms with van der Waals surface area (Å²) in [5.74, 6) is -0.894. The van der Waals surface area contributed by atoms with Crippen LogP contribution in [0.1, 0.15) is 29.3 Å². The van der Waals surface area contributed by atoms with Gasteiger partial charge in [-0.05, 0) is 17.7 Å². The van der Waals surface area contributed by atoms with E-state index in [-0.39, 0.29) is 31.4 Å². The quantitative estimate of drug-likeness (QED) is 0.616. The zero-order chi connectivity index (χ0) is 19.5. The first-order chi connectivity index (χ1) is 13.1. The molecule has 0 unspecified atom stereocenters. The number of pyridine rings is 1. The second kappa shape index (κ2) is 10.8. The van der Waals surface area contributed by atoms with Crippen LogP contribution >= 0.6 is 0 Å². The van der Waals surface area contributed by atoms with Gasteiger partial charge >= 0.3 is 5.97 Å². The first-order valence-corrected chi connectivity index (χ1v) is 8.74. The van der Waals surface area contributed by atoms with Crippen LogP contribution in [0.5, 0.6) is 0 Å². The molecule has 1 heterocycles. The van der Waals surface area contributed by atoms with E-state index < -0.39 is 12.0 Å². The molecule has 0 bridgehead atoms. The monoisotopic (exact) mass is 369 g/mol. The van der Waals surface area contributed by atoms with Crippen LogP contribution in [0.25, 0.3) is 0 Å². The summed E-state index contributed by atoms with van der Waals surface area (Å²) in [4.78, 5) is 39.9. The number of Topliss-reactive ketones (excluding diaryl/α,β-unsaturated/α-hetero) is 1. The molecule has 27 heavy (non-hydrogen) atoms. The van der Waals surface area contributed by atoms with Crippen LogP contribution in [0.15, 0.2) is 54.9 Å². The van der Waals surface area contributed by atoms with Crippen molar-refractivity contribution in [3.63, 3.8) is 0 Å². The Morgan fingerprint density at radius 2 is 1.89 bits per heavy atom. The molecule has 142 valence electrons. The van der Waals surface area contributed by atoms with Gasteiger partial charge in [-0.2, -0.15) is 0 Å². The third-order valence-electron chi connectivity index (χ3n) is 3.86. The number of aromatic nitrogens is 1. The van der Waals surface area contributed by atoms with Gasteiger partial charge in [0.05, 0.1) is 18.2 Å². The number of benzene rings is 1. The minimum absolute atomic E-state index is 0.0758. The Morgan fingerprint density at radius 1 is 1.11 bits per heavy atom. The van der Waals surface area contributed by atoms with Gasteiger partial charge in [-0.3, -0.25) is 24.7 Å². The summed E-state index contributed by atoms with van der Waals surface area (Å²) in [5.41, 5.74) is 1.29. The largest absolute Gasteiger partial charge is 0.460 e. The average Bonchev–Trinajstić information content (AvgIpc) is 2.72. The highest BCUT2D eigenvalue weighted by Gasteiger charge is 2.19. The van der Waals surface area contributed by atoms with E-state index >= 15 is 0 Å². The van der Waals surface area contributed by atoms with E-state index in [4.69, 9.17) is 4.74 Å². The van der Waals surface area contributed by atoms with Crippen LogP contribution in [0.3, 0.4) is 0 Å². The number of esters is 1. The summed E-state index contributed by atoms with van der Waals surface area (Å²) in [6.07, 6.45) is 3.31. The fraction of sp³-hybridized carbons (Fsp3) is 0.300. The third-order valence-corrected chi connectivity index (χ3v) is 3.86. The summed E-state index contributed by atoms with van der Waals surface area (Å²) in [5, 5.41) is 5.54. The smallest absolute Gasteiger partial charge is 0.320 e. The lowest BCUT2D eigenvalue weighted by Gasteiger charge is -2.17. The number of ketones is 1. The number of nitrogens with zero attached hydrogens (tertiary/aromatic N) is 1. The average molecular weight is 369 g/mol. The summed E-state index contributed by atoms with van der Waals surface area (Å²) in [6.45, 7) is 1.86. The Labute approximate surface area is 158 Å². The second-order valence-electron chi connectivity index (χ2n) is 5.85. The summed E-state index contributed by atoms with van der Waals surface area (Å²) >= 11 is 0. The van der Waals surface area contributed by atoms with Gasteiger partial charge in [0.25, 0.3) is 5.91 Å². The van der Waals surface area contributed by atoms with E-state index in [1.165, 1.54) is 6.20 Å². The predicted octanol–water partition coefficient (Wildman–Crippen LogP) is 1.49. The molecule has 0 saturated heterocycles. The minimum Gasteiger partial charge on any atom is -0.460 e. The topological polar surface area (TPSA) is 97.4 Å². The maximum Gasteiger partial charge on any atom is 0.320 e. The van der Waals surface area contributed by atoms with Gasteiger partial charge < -0.3 is 10.1 Å². The Bertz CT molecular complexity index is 750. The van der Waals surface area contributed by atoms with Crippen molar-refractivity contribution in [2.75, 3.05) is 13.1 Å². The lowest BCUT2D eigenvalue weighted by Crippen LogP contribution is -2.47. The van der Waals surface area contributed by atoms with Gasteiger partial charge in [0.15, 0.2) is 5.78 Å². The molecule has 2 rings (SSSR count). The number of ether oxygens (including phenoxy) is 1. The van der Waals surface area contributed by atoms with Crippen LogP contribution in [-0.2, 0) is 20.9 Å². The fourth-order valence-corrected chi connectivity index (χ4v) is 2.34. The molecule has 1 aromatic heterocycles. The van der Waals surface area contributed by atoms with Gasteiger partial charge in [0.2, 0.25) is 0 Å². The molecule has 2 N–H and O–H groups in total. The molecule has 0 aliphatic heterocycles. The van der Waals surface area contributed by atoms with E-state index in [1.54, 1.807) is 25.3 Å². The lowest BCUT2D eigenvalue weighted by molar-refractivity contribution is -0.144. The number of hydrogen-bond acceptors (Lipinski definition) is 6. The summed E-state index contributed by atoms with van der Waals surface area (Å²) < 4.78 is 5.18. The Balaban J connectivity index is 1.80. The van der Waals surface area contributed by atoms with E-state index in [2.05, 4.69) is 15.6 Å². The Morgan fingerprint density at radius 3 is 2.56 bits per heavy atom. The highest BCUT2D eigenvalue weighted by atomic mass is 16.5. The fourth-order valence-electron chi connectivity index (χ4n) is 2.34. The summed E-state index contributed by atoms with van der Waals surface area (Å²) in [6, 6.07) is 12.0. The van der Waals surface area contributed by atoms with Crippen LogP contribution in [0, 0.1) is 0 Å². The second-order valence-corrected chi connectivity index (χ2v) is 5.85. The van der Waals surface area contributed by atoms with Gasteiger partial charge in [-0.15, -0.1) is 0 Å². The highest BCUT2D eigenvalue weighted by Crippen LogP contribution is 2.01. The Kier molecular flexibility index (Phi) is 8.12. The SMILES string of the molecule is CCC(=O)[C@H](CNC(=O)c1cccnc1)NCC(=O)OCc1ccccc1. The van der Waals surface area contributed by atoms with Crippen molar-refractivity contribution in [1.29, 1.82) is 0 Å². The highest BCUT2D eigenvalue weighted by molar-refractivity contribution is 5.94. The third kappa shape index (κ3) is 6.99. The van der Waals surface area contributed by atoms with Crippen molar-refractivity contribution in [2.45, 2.75) is 26.0 Å². The molecule has 1 atom stereocenters. The van der Waals surface area contributed by atoms with Gasteiger partial charge in [0.1, 0.15) is 6.61 Å². The minimum atomic E-state index is -0.667. The maximum absolute atomic E-state index is 12.1. The van der Waals surface area contributed by atoms with Crippen molar-refractivity contribution >= 4 is 17.7 Å². The molecule has 0 spiro atoms. The van der Waals surface area contributed by atoms with Crippen molar-refractivity contribution in [3.05, 3.63) is 66.0 Å².